The van der Waals surface area contributed by atoms with Gasteiger partial charge < -0.3 is 10.6 Å². The van der Waals surface area contributed by atoms with Gasteiger partial charge in [-0.3, -0.25) is 4.90 Å². The first-order valence-electron chi connectivity index (χ1n) is 6.31. The van der Waals surface area contributed by atoms with E-state index in [2.05, 4.69) is 16.8 Å². The first-order chi connectivity index (χ1) is 7.98. The second-order valence-corrected chi connectivity index (χ2v) is 7.14. The van der Waals surface area contributed by atoms with Gasteiger partial charge in [-0.05, 0) is 13.5 Å². The average Bonchev–Trinajstić information content (AvgIpc) is 2.27. The Morgan fingerprint density at radius 3 is 2.59 bits per heavy atom. The van der Waals surface area contributed by atoms with Crippen molar-refractivity contribution >= 4 is 9.84 Å². The Morgan fingerprint density at radius 2 is 2.00 bits per heavy atom. The minimum atomic E-state index is -2.87. The fraction of sp³-hybridized carbons (Fsp3) is 1.00. The highest BCUT2D eigenvalue weighted by Crippen LogP contribution is 2.08. The summed E-state index contributed by atoms with van der Waals surface area (Å²) >= 11 is 0. The smallest absolute Gasteiger partial charge is 0.151 e. The van der Waals surface area contributed by atoms with Crippen molar-refractivity contribution < 1.29 is 8.42 Å². The van der Waals surface area contributed by atoms with Crippen molar-refractivity contribution in [3.8, 4) is 0 Å². The number of hydrogen-bond acceptors (Lipinski definition) is 5. The van der Waals surface area contributed by atoms with E-state index in [1.165, 1.54) is 0 Å². The summed E-state index contributed by atoms with van der Waals surface area (Å²) in [6, 6.07) is 0.297. The van der Waals surface area contributed by atoms with E-state index in [0.29, 0.717) is 31.3 Å². The first kappa shape index (κ1) is 14.9. The topological polar surface area (TPSA) is 66.6 Å². The Kier molecular flexibility index (Phi) is 5.85. The van der Waals surface area contributed by atoms with Crippen molar-refractivity contribution in [1.29, 1.82) is 0 Å². The second kappa shape index (κ2) is 6.68. The summed E-state index contributed by atoms with van der Waals surface area (Å²) in [6.45, 7) is 5.96. The molecule has 1 atom stereocenters. The van der Waals surface area contributed by atoms with Crippen LogP contribution in [0.2, 0.25) is 0 Å². The van der Waals surface area contributed by atoms with Crippen LogP contribution in [-0.2, 0) is 9.84 Å². The van der Waals surface area contributed by atoms with Gasteiger partial charge in [-0.2, -0.15) is 0 Å². The molecule has 0 bridgehead atoms. The summed E-state index contributed by atoms with van der Waals surface area (Å²) in [5.74, 6) is 0.565. The third-order valence-electron chi connectivity index (χ3n) is 3.28. The minimum Gasteiger partial charge on any atom is -0.329 e. The van der Waals surface area contributed by atoms with Gasteiger partial charge in [0.1, 0.15) is 0 Å². The molecule has 0 aromatic heterocycles. The van der Waals surface area contributed by atoms with Gasteiger partial charge in [0.25, 0.3) is 0 Å². The van der Waals surface area contributed by atoms with Crippen LogP contribution in [0.3, 0.4) is 0 Å². The van der Waals surface area contributed by atoms with Gasteiger partial charge in [-0.15, -0.1) is 0 Å². The molecule has 0 amide bonds. The number of nitrogens with two attached hydrogens (primary N) is 1. The van der Waals surface area contributed by atoms with Crippen molar-refractivity contribution in [2.75, 3.05) is 51.3 Å². The molecule has 0 spiro atoms. The van der Waals surface area contributed by atoms with E-state index >= 15 is 0 Å². The Morgan fingerprint density at radius 1 is 1.29 bits per heavy atom. The lowest BCUT2D eigenvalue weighted by atomic mass is 10.2. The third-order valence-corrected chi connectivity index (χ3v) is 5.12. The number of hydrogen-bond donors (Lipinski definition) is 1. The van der Waals surface area contributed by atoms with Gasteiger partial charge in [-0.1, -0.05) is 6.92 Å². The lowest BCUT2D eigenvalue weighted by molar-refractivity contribution is 0.100. The predicted octanol–water partition coefficient (Wildman–Crippen LogP) is -0.614. The van der Waals surface area contributed by atoms with E-state index < -0.39 is 9.84 Å². The van der Waals surface area contributed by atoms with E-state index in [1.54, 1.807) is 0 Å². The highest BCUT2D eigenvalue weighted by molar-refractivity contribution is 7.91. The van der Waals surface area contributed by atoms with Crippen molar-refractivity contribution in [3.63, 3.8) is 0 Å². The van der Waals surface area contributed by atoms with Gasteiger partial charge in [-0.25, -0.2) is 8.42 Å². The Bertz CT molecular complexity index is 319. The summed E-state index contributed by atoms with van der Waals surface area (Å²) in [6.07, 6.45) is 0.700. The van der Waals surface area contributed by atoms with Crippen molar-refractivity contribution in [1.82, 2.24) is 9.80 Å². The standard InChI is InChI=1S/C11H25N3O2S/c1-3-7-17(15,16)8-6-14-5-4-13(2)10-11(14)9-12/h11H,3-10,12H2,1-2H3. The lowest BCUT2D eigenvalue weighted by Gasteiger charge is -2.39. The molecule has 17 heavy (non-hydrogen) atoms. The minimum absolute atomic E-state index is 0.265. The van der Waals surface area contributed by atoms with Crippen LogP contribution in [0.25, 0.3) is 0 Å². The van der Waals surface area contributed by atoms with Gasteiger partial charge >= 0.3 is 0 Å². The van der Waals surface area contributed by atoms with E-state index in [-0.39, 0.29) is 5.75 Å². The van der Waals surface area contributed by atoms with E-state index in [9.17, 15) is 8.42 Å². The van der Waals surface area contributed by atoms with Gasteiger partial charge in [0.2, 0.25) is 0 Å². The highest BCUT2D eigenvalue weighted by Gasteiger charge is 2.24. The molecule has 6 heteroatoms. The molecule has 1 aliphatic rings. The van der Waals surface area contributed by atoms with Crippen LogP contribution in [0.5, 0.6) is 0 Å². The van der Waals surface area contributed by atoms with Crippen molar-refractivity contribution in [2.45, 2.75) is 19.4 Å². The number of likely N-dealkylation sites (N-methyl/N-ethyl adjacent to an activating group) is 1. The maximum Gasteiger partial charge on any atom is 0.151 e. The molecule has 1 aliphatic heterocycles. The number of sulfone groups is 1. The molecule has 0 saturated carbocycles. The highest BCUT2D eigenvalue weighted by atomic mass is 32.2. The maximum atomic E-state index is 11.7. The molecule has 1 fully saturated rings. The van der Waals surface area contributed by atoms with Crippen LogP contribution in [0.4, 0.5) is 0 Å². The Balaban J connectivity index is 2.45. The molecule has 2 N–H and O–H groups in total. The van der Waals surface area contributed by atoms with Crippen LogP contribution < -0.4 is 5.73 Å². The molecule has 5 nitrogen and oxygen atoms in total. The molecule has 0 aliphatic carbocycles. The molecule has 0 radical (unpaired) electrons. The molecule has 1 saturated heterocycles. The molecule has 0 aromatic carbocycles. The SMILES string of the molecule is CCCS(=O)(=O)CCN1CCN(C)CC1CN. The van der Waals surface area contributed by atoms with Crippen LogP contribution >= 0.6 is 0 Å². The summed E-state index contributed by atoms with van der Waals surface area (Å²) in [4.78, 5) is 4.46. The molecule has 102 valence electrons. The predicted molar refractivity (Wildman–Crippen MR) is 70.9 cm³/mol. The maximum absolute atomic E-state index is 11.7. The summed E-state index contributed by atoms with van der Waals surface area (Å²) in [5, 5.41) is 0. The normalized spacial score (nSPS) is 24.1. The van der Waals surface area contributed by atoms with E-state index in [4.69, 9.17) is 5.73 Å². The zero-order chi connectivity index (χ0) is 12.9. The van der Waals surface area contributed by atoms with E-state index in [1.807, 2.05) is 6.92 Å². The largest absolute Gasteiger partial charge is 0.329 e. The fourth-order valence-electron chi connectivity index (χ4n) is 2.24. The quantitative estimate of drug-likeness (QED) is 0.692. The van der Waals surface area contributed by atoms with Crippen LogP contribution in [-0.4, -0.2) is 75.5 Å². The fourth-order valence-corrected chi connectivity index (χ4v) is 3.57. The van der Waals surface area contributed by atoms with Crippen LogP contribution in [0, 0.1) is 0 Å². The van der Waals surface area contributed by atoms with Crippen LogP contribution in [0.15, 0.2) is 0 Å². The molecule has 1 rings (SSSR count). The number of piperazine rings is 1. The molecule has 1 heterocycles. The number of rotatable bonds is 6. The van der Waals surface area contributed by atoms with Crippen LogP contribution in [0.1, 0.15) is 13.3 Å². The van der Waals surface area contributed by atoms with Gasteiger partial charge in [0.15, 0.2) is 9.84 Å². The zero-order valence-corrected chi connectivity index (χ0v) is 11.7. The first-order valence-corrected chi connectivity index (χ1v) is 8.13. The Hall–Kier alpha value is -0.170. The summed E-state index contributed by atoms with van der Waals surface area (Å²) in [7, 11) is -0.795. The Labute approximate surface area is 105 Å². The summed E-state index contributed by atoms with van der Waals surface area (Å²) in [5.41, 5.74) is 5.74. The van der Waals surface area contributed by atoms with Gasteiger partial charge in [0, 0.05) is 44.5 Å². The second-order valence-electron chi connectivity index (χ2n) is 4.84. The molecular formula is C11H25N3O2S. The number of nitrogens with zero attached hydrogens (tertiary/aromatic N) is 2. The van der Waals surface area contributed by atoms with Crippen molar-refractivity contribution in [2.24, 2.45) is 5.73 Å². The van der Waals surface area contributed by atoms with E-state index in [0.717, 1.165) is 19.6 Å². The monoisotopic (exact) mass is 263 g/mol. The average molecular weight is 263 g/mol. The third kappa shape index (κ3) is 4.91. The lowest BCUT2D eigenvalue weighted by Crippen LogP contribution is -2.55. The zero-order valence-electron chi connectivity index (χ0n) is 10.9. The molecular weight excluding hydrogens is 238 g/mol. The van der Waals surface area contributed by atoms with Crippen molar-refractivity contribution in [3.05, 3.63) is 0 Å². The molecule has 0 aromatic rings. The molecule has 1 unspecified atom stereocenters. The summed E-state index contributed by atoms with van der Waals surface area (Å²) < 4.78 is 23.3. The van der Waals surface area contributed by atoms with Gasteiger partial charge in [0.05, 0.1) is 5.75 Å².